The van der Waals surface area contributed by atoms with Crippen LogP contribution in [0.1, 0.15) is 25.5 Å². The Bertz CT molecular complexity index is 480. The van der Waals surface area contributed by atoms with Gasteiger partial charge < -0.3 is 10.0 Å². The van der Waals surface area contributed by atoms with E-state index in [-0.39, 0.29) is 0 Å². The van der Waals surface area contributed by atoms with Crippen molar-refractivity contribution in [3.8, 4) is 0 Å². The number of nitrogens with zero attached hydrogens (tertiary/aromatic N) is 2. The predicted octanol–water partition coefficient (Wildman–Crippen LogP) is 3.29. The van der Waals surface area contributed by atoms with Crippen LogP contribution in [0.15, 0.2) is 48.7 Å². The molecule has 0 spiro atoms. The van der Waals surface area contributed by atoms with E-state index in [1.165, 1.54) is 0 Å². The Balaban J connectivity index is 2.28. The molecule has 3 nitrogen and oxygen atoms in total. The van der Waals surface area contributed by atoms with E-state index >= 15 is 0 Å². The molecule has 1 heterocycles. The summed E-state index contributed by atoms with van der Waals surface area (Å²) in [5, 5.41) is 9.47. The minimum atomic E-state index is -0.474. The van der Waals surface area contributed by atoms with Crippen LogP contribution >= 0.6 is 0 Å². The lowest BCUT2D eigenvalue weighted by Crippen LogP contribution is -2.17. The number of hydrogen-bond donors (Lipinski definition) is 1. The summed E-state index contributed by atoms with van der Waals surface area (Å²) in [6.07, 6.45) is 1.25. The first-order valence-electron chi connectivity index (χ1n) is 6.19. The average Bonchev–Trinajstić information content (AvgIpc) is 2.41. The summed E-state index contributed by atoms with van der Waals surface area (Å²) < 4.78 is 0. The number of rotatable bonds is 4. The number of anilines is 2. The molecule has 1 N–H and O–H groups in total. The number of pyridine rings is 1. The summed E-state index contributed by atoms with van der Waals surface area (Å²) in [7, 11) is 0. The molecule has 3 heteroatoms. The van der Waals surface area contributed by atoms with Gasteiger partial charge in [-0.3, -0.25) is 0 Å². The lowest BCUT2D eigenvalue weighted by molar-refractivity contribution is 0.199. The summed E-state index contributed by atoms with van der Waals surface area (Å²) in [6.45, 7) is 4.69. The minimum Gasteiger partial charge on any atom is -0.389 e. The van der Waals surface area contributed by atoms with Crippen LogP contribution < -0.4 is 4.90 Å². The zero-order valence-electron chi connectivity index (χ0n) is 10.7. The first-order chi connectivity index (χ1) is 8.72. The van der Waals surface area contributed by atoms with Crippen molar-refractivity contribution in [2.75, 3.05) is 11.4 Å². The number of aromatic nitrogens is 1. The monoisotopic (exact) mass is 242 g/mol. The Morgan fingerprint density at radius 2 is 1.89 bits per heavy atom. The second-order valence-electron chi connectivity index (χ2n) is 4.21. The van der Waals surface area contributed by atoms with Crippen LogP contribution in [0.2, 0.25) is 0 Å². The highest BCUT2D eigenvalue weighted by Crippen LogP contribution is 2.23. The SMILES string of the molecule is CCN(c1ccccc1)c1ccc([C@@H](C)O)cn1. The predicted molar refractivity (Wildman–Crippen MR) is 74.0 cm³/mol. The molecule has 0 bridgehead atoms. The molecule has 1 aromatic heterocycles. The molecule has 0 aliphatic heterocycles. The van der Waals surface area contributed by atoms with E-state index in [0.717, 1.165) is 23.6 Å². The van der Waals surface area contributed by atoms with E-state index in [1.807, 2.05) is 30.3 Å². The number of hydrogen-bond acceptors (Lipinski definition) is 3. The normalized spacial score (nSPS) is 12.2. The van der Waals surface area contributed by atoms with Gasteiger partial charge in [0.2, 0.25) is 0 Å². The van der Waals surface area contributed by atoms with Crippen LogP contribution in [0.25, 0.3) is 0 Å². The molecule has 2 rings (SSSR count). The van der Waals surface area contributed by atoms with Crippen LogP contribution in [0.3, 0.4) is 0 Å². The molecule has 0 radical (unpaired) electrons. The number of aliphatic hydroxyl groups is 1. The molecule has 0 aliphatic carbocycles. The van der Waals surface area contributed by atoms with E-state index in [4.69, 9.17) is 0 Å². The lowest BCUT2D eigenvalue weighted by atomic mass is 10.2. The maximum atomic E-state index is 9.47. The van der Waals surface area contributed by atoms with Crippen LogP contribution in [0.4, 0.5) is 11.5 Å². The number of aliphatic hydroxyl groups excluding tert-OH is 1. The van der Waals surface area contributed by atoms with Crippen LogP contribution in [0.5, 0.6) is 0 Å². The third kappa shape index (κ3) is 2.68. The Morgan fingerprint density at radius 1 is 1.17 bits per heavy atom. The van der Waals surface area contributed by atoms with Gasteiger partial charge in [0.1, 0.15) is 5.82 Å². The summed E-state index contributed by atoms with van der Waals surface area (Å²) in [5.74, 6) is 0.896. The molecule has 1 atom stereocenters. The summed E-state index contributed by atoms with van der Waals surface area (Å²) in [5.41, 5.74) is 1.96. The molecule has 0 saturated heterocycles. The number of benzene rings is 1. The third-order valence-corrected chi connectivity index (χ3v) is 2.91. The summed E-state index contributed by atoms with van der Waals surface area (Å²) in [4.78, 5) is 6.54. The molecule has 0 amide bonds. The van der Waals surface area contributed by atoms with Crippen LogP contribution in [0, 0.1) is 0 Å². The fourth-order valence-corrected chi connectivity index (χ4v) is 1.89. The third-order valence-electron chi connectivity index (χ3n) is 2.91. The van der Waals surface area contributed by atoms with Crippen molar-refractivity contribution in [3.05, 3.63) is 54.2 Å². The number of para-hydroxylation sites is 1. The maximum absolute atomic E-state index is 9.47. The Hall–Kier alpha value is -1.87. The van der Waals surface area contributed by atoms with Crippen LogP contribution in [-0.2, 0) is 0 Å². The smallest absolute Gasteiger partial charge is 0.132 e. The second kappa shape index (κ2) is 5.65. The van der Waals surface area contributed by atoms with Crippen LogP contribution in [-0.4, -0.2) is 16.6 Å². The molecule has 94 valence electrons. The highest BCUT2D eigenvalue weighted by atomic mass is 16.3. The first-order valence-corrected chi connectivity index (χ1v) is 6.19. The van der Waals surface area contributed by atoms with Gasteiger partial charge in [0.05, 0.1) is 6.10 Å². The van der Waals surface area contributed by atoms with E-state index in [2.05, 4.69) is 28.9 Å². The standard InChI is InChI=1S/C15H18N2O/c1-3-17(14-7-5-4-6-8-14)15-10-9-13(11-16-15)12(2)18/h4-12,18H,3H2,1-2H3/t12-/m1/s1. The van der Waals surface area contributed by atoms with Gasteiger partial charge >= 0.3 is 0 Å². The molecule has 18 heavy (non-hydrogen) atoms. The van der Waals surface area contributed by atoms with Gasteiger partial charge in [-0.25, -0.2) is 4.98 Å². The van der Waals surface area contributed by atoms with Crippen molar-refractivity contribution in [1.82, 2.24) is 4.98 Å². The van der Waals surface area contributed by atoms with Crippen molar-refractivity contribution in [3.63, 3.8) is 0 Å². The summed E-state index contributed by atoms with van der Waals surface area (Å²) >= 11 is 0. The molecule has 2 aromatic rings. The minimum absolute atomic E-state index is 0.474. The van der Waals surface area contributed by atoms with E-state index < -0.39 is 6.10 Å². The molecular formula is C15H18N2O. The molecular weight excluding hydrogens is 224 g/mol. The Kier molecular flexibility index (Phi) is 3.95. The quantitative estimate of drug-likeness (QED) is 0.893. The van der Waals surface area contributed by atoms with E-state index in [0.29, 0.717) is 0 Å². The largest absolute Gasteiger partial charge is 0.389 e. The van der Waals surface area contributed by atoms with Gasteiger partial charge in [-0.2, -0.15) is 0 Å². The molecule has 1 aromatic carbocycles. The van der Waals surface area contributed by atoms with Gasteiger partial charge in [-0.05, 0) is 37.6 Å². The van der Waals surface area contributed by atoms with Gasteiger partial charge in [-0.1, -0.05) is 24.3 Å². The summed E-state index contributed by atoms with van der Waals surface area (Å²) in [6, 6.07) is 14.0. The first kappa shape index (κ1) is 12.6. The fourth-order valence-electron chi connectivity index (χ4n) is 1.89. The van der Waals surface area contributed by atoms with Crippen molar-refractivity contribution in [2.24, 2.45) is 0 Å². The Morgan fingerprint density at radius 3 is 2.39 bits per heavy atom. The maximum Gasteiger partial charge on any atom is 0.132 e. The van der Waals surface area contributed by atoms with Crippen molar-refractivity contribution in [2.45, 2.75) is 20.0 Å². The Labute approximate surface area is 108 Å². The molecule has 0 fully saturated rings. The van der Waals surface area contributed by atoms with E-state index in [1.54, 1.807) is 13.1 Å². The average molecular weight is 242 g/mol. The van der Waals surface area contributed by atoms with Crippen molar-refractivity contribution >= 4 is 11.5 Å². The highest BCUT2D eigenvalue weighted by molar-refractivity contribution is 5.59. The fraction of sp³-hybridized carbons (Fsp3) is 0.267. The lowest BCUT2D eigenvalue weighted by Gasteiger charge is -2.22. The van der Waals surface area contributed by atoms with Crippen molar-refractivity contribution < 1.29 is 5.11 Å². The zero-order valence-corrected chi connectivity index (χ0v) is 10.7. The molecule has 0 saturated carbocycles. The highest BCUT2D eigenvalue weighted by Gasteiger charge is 2.08. The zero-order chi connectivity index (χ0) is 13.0. The van der Waals surface area contributed by atoms with Crippen molar-refractivity contribution in [1.29, 1.82) is 0 Å². The van der Waals surface area contributed by atoms with Gasteiger partial charge in [0, 0.05) is 18.4 Å². The molecule has 0 aliphatic rings. The second-order valence-corrected chi connectivity index (χ2v) is 4.21. The van der Waals surface area contributed by atoms with Gasteiger partial charge in [0.15, 0.2) is 0 Å². The van der Waals surface area contributed by atoms with Gasteiger partial charge in [-0.15, -0.1) is 0 Å². The topological polar surface area (TPSA) is 36.4 Å². The van der Waals surface area contributed by atoms with Gasteiger partial charge in [0.25, 0.3) is 0 Å². The van der Waals surface area contributed by atoms with E-state index in [9.17, 15) is 5.11 Å². The molecule has 0 unspecified atom stereocenters.